The second-order valence-electron chi connectivity index (χ2n) is 3.90. The fourth-order valence-corrected chi connectivity index (χ4v) is 1.74. The lowest BCUT2D eigenvalue weighted by Crippen LogP contribution is -1.72. The van der Waals surface area contributed by atoms with Crippen molar-refractivity contribution in [2.75, 3.05) is 0 Å². The summed E-state index contributed by atoms with van der Waals surface area (Å²) in [5.74, 6) is 0.984. The van der Waals surface area contributed by atoms with Crippen molar-refractivity contribution >= 4 is 17.0 Å². The van der Waals surface area contributed by atoms with E-state index in [1.165, 1.54) is 16.5 Å². The van der Waals surface area contributed by atoms with Gasteiger partial charge in [-0.25, -0.2) is 0 Å². The number of benzene rings is 1. The van der Waals surface area contributed by atoms with Gasteiger partial charge in [0.2, 0.25) is 0 Å². The fourth-order valence-electron chi connectivity index (χ4n) is 1.74. The first-order valence-corrected chi connectivity index (χ1v) is 7.38. The molecule has 0 aliphatic heterocycles. The summed E-state index contributed by atoms with van der Waals surface area (Å²) in [5.41, 5.74) is 3.46. The Labute approximate surface area is 118 Å². The van der Waals surface area contributed by atoms with Crippen molar-refractivity contribution in [3.05, 3.63) is 41.2 Å². The smallest absolute Gasteiger partial charge is 0.135 e. The summed E-state index contributed by atoms with van der Waals surface area (Å²) in [4.78, 5) is 0. The van der Waals surface area contributed by atoms with Crippen LogP contribution in [0.25, 0.3) is 17.0 Å². The maximum Gasteiger partial charge on any atom is 0.135 e. The van der Waals surface area contributed by atoms with Crippen LogP contribution in [0.4, 0.5) is 0 Å². The van der Waals surface area contributed by atoms with E-state index in [1.807, 2.05) is 27.7 Å². The predicted octanol–water partition coefficient (Wildman–Crippen LogP) is 6.53. The van der Waals surface area contributed by atoms with Crippen LogP contribution in [0.15, 0.2) is 28.7 Å². The molecule has 1 aromatic heterocycles. The van der Waals surface area contributed by atoms with E-state index in [9.17, 15) is 0 Å². The topological polar surface area (TPSA) is 13.1 Å². The number of rotatable bonds is 2. The van der Waals surface area contributed by atoms with Crippen LogP contribution in [-0.4, -0.2) is 0 Å². The highest BCUT2D eigenvalue weighted by atomic mass is 16.3. The lowest BCUT2D eigenvalue weighted by molar-refractivity contribution is 0.600. The van der Waals surface area contributed by atoms with Crippen molar-refractivity contribution in [2.45, 2.75) is 54.9 Å². The molecule has 1 heterocycles. The van der Waals surface area contributed by atoms with Gasteiger partial charge >= 0.3 is 0 Å². The minimum atomic E-state index is 0.984. The number of aryl methyl sites for hydroxylation is 2. The molecule has 2 rings (SSSR count). The molecule has 19 heavy (non-hydrogen) atoms. The van der Waals surface area contributed by atoms with Crippen molar-refractivity contribution in [3.63, 3.8) is 0 Å². The number of hydrogen-bond acceptors (Lipinski definition) is 1. The molecule has 0 fully saturated rings. The number of hydrogen-bond donors (Lipinski definition) is 0. The SMILES string of the molecule is CC.CC.CC/C=C\c1oc2cc(C)ccc2c1C. The zero-order chi connectivity index (χ0) is 14.8. The van der Waals surface area contributed by atoms with E-state index in [0.717, 1.165) is 17.8 Å². The minimum absolute atomic E-state index is 0.984. The summed E-state index contributed by atoms with van der Waals surface area (Å²) in [5, 5.41) is 1.22. The molecule has 106 valence electrons. The van der Waals surface area contributed by atoms with E-state index >= 15 is 0 Å². The molecule has 0 aliphatic carbocycles. The van der Waals surface area contributed by atoms with E-state index in [1.54, 1.807) is 0 Å². The molecule has 0 amide bonds. The summed E-state index contributed by atoms with van der Waals surface area (Å²) in [6, 6.07) is 6.34. The zero-order valence-corrected chi connectivity index (χ0v) is 13.5. The number of fused-ring (bicyclic) bond motifs is 1. The van der Waals surface area contributed by atoms with Gasteiger partial charge in [-0.2, -0.15) is 0 Å². The monoisotopic (exact) mass is 260 g/mol. The average Bonchev–Trinajstić information content (AvgIpc) is 2.77. The number of furan rings is 1. The molecule has 1 heteroatoms. The molecule has 2 aromatic rings. The highest BCUT2D eigenvalue weighted by Crippen LogP contribution is 2.26. The molecule has 0 saturated carbocycles. The van der Waals surface area contributed by atoms with Gasteiger partial charge < -0.3 is 4.42 Å². The minimum Gasteiger partial charge on any atom is -0.456 e. The van der Waals surface area contributed by atoms with Crippen LogP contribution in [0.5, 0.6) is 0 Å². The van der Waals surface area contributed by atoms with E-state index in [-0.39, 0.29) is 0 Å². The van der Waals surface area contributed by atoms with Crippen LogP contribution >= 0.6 is 0 Å². The Kier molecular flexibility index (Phi) is 8.69. The maximum absolute atomic E-state index is 5.79. The highest BCUT2D eigenvalue weighted by Gasteiger charge is 2.07. The molecule has 0 atom stereocenters. The van der Waals surface area contributed by atoms with Crippen LogP contribution in [0, 0.1) is 13.8 Å². The van der Waals surface area contributed by atoms with Gasteiger partial charge in [0.05, 0.1) is 0 Å². The maximum atomic E-state index is 5.79. The van der Waals surface area contributed by atoms with Crippen LogP contribution in [-0.2, 0) is 0 Å². The van der Waals surface area contributed by atoms with Gasteiger partial charge in [-0.05, 0) is 38.0 Å². The third-order valence-electron chi connectivity index (χ3n) is 2.64. The predicted molar refractivity (Wildman–Crippen MR) is 87.7 cm³/mol. The molecule has 0 aliphatic rings. The lowest BCUT2D eigenvalue weighted by Gasteiger charge is -1.90. The molecule has 0 spiro atoms. The van der Waals surface area contributed by atoms with Crippen molar-refractivity contribution in [2.24, 2.45) is 0 Å². The molecular formula is C18H28O. The Morgan fingerprint density at radius 1 is 1.05 bits per heavy atom. The van der Waals surface area contributed by atoms with Gasteiger partial charge in [0.25, 0.3) is 0 Å². The lowest BCUT2D eigenvalue weighted by atomic mass is 10.1. The average molecular weight is 260 g/mol. The first-order chi connectivity index (χ1) is 9.22. The van der Waals surface area contributed by atoms with Gasteiger partial charge in [0.1, 0.15) is 11.3 Å². The first-order valence-electron chi connectivity index (χ1n) is 7.38. The Hall–Kier alpha value is -1.50. The van der Waals surface area contributed by atoms with Crippen molar-refractivity contribution in [3.8, 4) is 0 Å². The molecule has 0 saturated heterocycles. The molecule has 1 aromatic carbocycles. The standard InChI is InChI=1S/C14H16O.2C2H6/c1-4-5-6-13-11(3)12-8-7-10(2)9-14(12)15-13;2*1-2/h5-9H,4H2,1-3H3;2*1-2H3/b6-5-;;. The summed E-state index contributed by atoms with van der Waals surface area (Å²) < 4.78 is 5.79. The van der Waals surface area contributed by atoms with Gasteiger partial charge in [-0.1, -0.05) is 52.8 Å². The Morgan fingerprint density at radius 3 is 2.26 bits per heavy atom. The van der Waals surface area contributed by atoms with E-state index in [4.69, 9.17) is 4.42 Å². The van der Waals surface area contributed by atoms with Crippen LogP contribution in [0.2, 0.25) is 0 Å². The quantitative estimate of drug-likeness (QED) is 0.598. The molecular weight excluding hydrogens is 232 g/mol. The van der Waals surface area contributed by atoms with Crippen molar-refractivity contribution in [1.82, 2.24) is 0 Å². The molecule has 0 bridgehead atoms. The molecule has 1 nitrogen and oxygen atoms in total. The Morgan fingerprint density at radius 2 is 1.68 bits per heavy atom. The van der Waals surface area contributed by atoms with Gasteiger partial charge in [-0.15, -0.1) is 0 Å². The van der Waals surface area contributed by atoms with Crippen LogP contribution in [0.3, 0.4) is 0 Å². The fraction of sp³-hybridized carbons (Fsp3) is 0.444. The van der Waals surface area contributed by atoms with Gasteiger partial charge in [-0.3, -0.25) is 0 Å². The molecule has 0 radical (unpaired) electrons. The summed E-state index contributed by atoms with van der Waals surface area (Å²) >= 11 is 0. The second-order valence-corrected chi connectivity index (χ2v) is 3.90. The van der Waals surface area contributed by atoms with Crippen molar-refractivity contribution < 1.29 is 4.42 Å². The summed E-state index contributed by atoms with van der Waals surface area (Å²) in [6.45, 7) is 14.3. The van der Waals surface area contributed by atoms with Crippen LogP contribution in [0.1, 0.15) is 57.9 Å². The third-order valence-corrected chi connectivity index (χ3v) is 2.64. The van der Waals surface area contributed by atoms with Gasteiger partial charge in [0, 0.05) is 10.9 Å². The Balaban J connectivity index is 0.000000741. The second kappa shape index (κ2) is 9.43. The largest absolute Gasteiger partial charge is 0.456 e. The highest BCUT2D eigenvalue weighted by molar-refractivity contribution is 5.84. The van der Waals surface area contributed by atoms with Gasteiger partial charge in [0.15, 0.2) is 0 Å². The van der Waals surface area contributed by atoms with E-state index < -0.39 is 0 Å². The molecule has 0 unspecified atom stereocenters. The van der Waals surface area contributed by atoms with Crippen molar-refractivity contribution in [1.29, 1.82) is 0 Å². The van der Waals surface area contributed by atoms with Crippen LogP contribution < -0.4 is 0 Å². The van der Waals surface area contributed by atoms with E-state index in [0.29, 0.717) is 0 Å². The summed E-state index contributed by atoms with van der Waals surface area (Å²) in [7, 11) is 0. The third kappa shape index (κ3) is 4.59. The van der Waals surface area contributed by atoms with E-state index in [2.05, 4.69) is 51.1 Å². The first kappa shape index (κ1) is 17.5. The molecule has 0 N–H and O–H groups in total. The number of allylic oxidation sites excluding steroid dienone is 1. The zero-order valence-electron chi connectivity index (χ0n) is 13.5. The normalized spacial score (nSPS) is 9.84. The Bertz CT molecular complexity index is 504. The summed E-state index contributed by atoms with van der Waals surface area (Å²) in [6.07, 6.45) is 5.22.